The fourth-order valence-corrected chi connectivity index (χ4v) is 2.09. The van der Waals surface area contributed by atoms with Gasteiger partial charge in [-0.05, 0) is 19.8 Å². The molecule has 6 heteroatoms. The normalized spacial score (nSPS) is 24.9. The lowest BCUT2D eigenvalue weighted by molar-refractivity contribution is 0.0101. The molecule has 1 aromatic heterocycles. The Morgan fingerprint density at radius 3 is 2.94 bits per heavy atom. The summed E-state index contributed by atoms with van der Waals surface area (Å²) in [5.74, 6) is 0.646. The number of thiol groups is 1. The van der Waals surface area contributed by atoms with E-state index in [1.54, 1.807) is 13.1 Å². The number of hydrogen-bond acceptors (Lipinski definition) is 4. The molecule has 2 heterocycles. The molecule has 1 saturated heterocycles. The summed E-state index contributed by atoms with van der Waals surface area (Å²) < 4.78 is 7.08. The van der Waals surface area contributed by atoms with Gasteiger partial charge in [-0.3, -0.25) is 14.3 Å². The molecule has 5 nitrogen and oxygen atoms in total. The highest BCUT2D eigenvalue weighted by molar-refractivity contribution is 7.80. The maximum atomic E-state index is 11.6. The highest BCUT2D eigenvalue weighted by Gasteiger charge is 2.26. The molecule has 0 aromatic carbocycles. The summed E-state index contributed by atoms with van der Waals surface area (Å²) in [6, 6.07) is 0. The minimum absolute atomic E-state index is 0.0902. The van der Waals surface area contributed by atoms with Gasteiger partial charge in [-0.1, -0.05) is 0 Å². The lowest BCUT2D eigenvalue weighted by Crippen LogP contribution is -2.33. The summed E-state index contributed by atoms with van der Waals surface area (Å²) in [6.07, 6.45) is 3.02. The number of nitrogens with zero attached hydrogens (tertiary/aromatic N) is 1. The second-order valence-electron chi connectivity index (χ2n) is 3.95. The summed E-state index contributed by atoms with van der Waals surface area (Å²) in [5, 5.41) is 0. The number of rotatable bonds is 2. The number of aromatic amines is 1. The van der Waals surface area contributed by atoms with Crippen LogP contribution in [0.2, 0.25) is 0 Å². The fraction of sp³-hybridized carbons (Fsp3) is 0.600. The minimum atomic E-state index is -0.416. The van der Waals surface area contributed by atoms with Crippen LogP contribution in [-0.4, -0.2) is 21.4 Å². The van der Waals surface area contributed by atoms with Gasteiger partial charge >= 0.3 is 5.69 Å². The Labute approximate surface area is 97.9 Å². The molecule has 0 aliphatic carbocycles. The standard InChI is InChI=1S/C10H14N2O3S/c1-6-4-12(10(14)11-9(6)13)8-3-2-7(5-16)15-8/h4,7-8,16H,2-3,5H2,1H3,(H,11,13,14). The average molecular weight is 242 g/mol. The van der Waals surface area contributed by atoms with E-state index in [2.05, 4.69) is 17.6 Å². The summed E-state index contributed by atoms with van der Waals surface area (Å²) in [7, 11) is 0. The van der Waals surface area contributed by atoms with Crippen molar-refractivity contribution in [1.29, 1.82) is 0 Å². The molecule has 1 N–H and O–H groups in total. The summed E-state index contributed by atoms with van der Waals surface area (Å²) in [5.41, 5.74) is -0.247. The van der Waals surface area contributed by atoms with Crippen LogP contribution in [0.3, 0.4) is 0 Å². The van der Waals surface area contributed by atoms with Crippen LogP contribution in [0.25, 0.3) is 0 Å². The van der Waals surface area contributed by atoms with Gasteiger partial charge in [0.15, 0.2) is 0 Å². The van der Waals surface area contributed by atoms with E-state index in [-0.39, 0.29) is 17.9 Å². The SMILES string of the molecule is Cc1cn(C2CCC(CS)O2)c(=O)[nH]c1=O. The zero-order valence-corrected chi connectivity index (χ0v) is 9.87. The van der Waals surface area contributed by atoms with Crippen molar-refractivity contribution in [1.82, 2.24) is 9.55 Å². The van der Waals surface area contributed by atoms with E-state index in [4.69, 9.17) is 4.74 Å². The first kappa shape index (κ1) is 11.5. The van der Waals surface area contributed by atoms with Crippen molar-refractivity contribution in [3.8, 4) is 0 Å². The van der Waals surface area contributed by atoms with Crippen molar-refractivity contribution in [2.75, 3.05) is 5.75 Å². The van der Waals surface area contributed by atoms with Crippen molar-refractivity contribution in [3.05, 3.63) is 32.6 Å². The molecule has 1 aliphatic heterocycles. The topological polar surface area (TPSA) is 64.1 Å². The highest BCUT2D eigenvalue weighted by Crippen LogP contribution is 2.27. The van der Waals surface area contributed by atoms with Gasteiger partial charge in [0.25, 0.3) is 5.56 Å². The number of ether oxygens (including phenoxy) is 1. The quantitative estimate of drug-likeness (QED) is 0.740. The number of H-pyrrole nitrogens is 1. The van der Waals surface area contributed by atoms with Crippen LogP contribution in [0.4, 0.5) is 0 Å². The molecule has 1 fully saturated rings. The molecule has 0 amide bonds. The van der Waals surface area contributed by atoms with Gasteiger partial charge in [-0.25, -0.2) is 4.79 Å². The molecule has 16 heavy (non-hydrogen) atoms. The monoisotopic (exact) mass is 242 g/mol. The zero-order chi connectivity index (χ0) is 11.7. The summed E-state index contributed by atoms with van der Waals surface area (Å²) in [6.45, 7) is 1.67. The van der Waals surface area contributed by atoms with Crippen LogP contribution < -0.4 is 11.2 Å². The highest BCUT2D eigenvalue weighted by atomic mass is 32.1. The molecule has 1 aromatic rings. The van der Waals surface area contributed by atoms with E-state index < -0.39 is 5.69 Å². The number of aryl methyl sites for hydroxylation is 1. The zero-order valence-electron chi connectivity index (χ0n) is 8.97. The molecule has 2 atom stereocenters. The summed E-state index contributed by atoms with van der Waals surface area (Å²) in [4.78, 5) is 25.1. The molecule has 88 valence electrons. The lowest BCUT2D eigenvalue weighted by Gasteiger charge is -2.14. The molecule has 0 bridgehead atoms. The van der Waals surface area contributed by atoms with Crippen LogP contribution in [0.5, 0.6) is 0 Å². The molecule has 2 unspecified atom stereocenters. The van der Waals surface area contributed by atoms with Gasteiger partial charge in [-0.2, -0.15) is 12.6 Å². The second-order valence-corrected chi connectivity index (χ2v) is 4.32. The maximum Gasteiger partial charge on any atom is 0.330 e. The van der Waals surface area contributed by atoms with Crippen LogP contribution >= 0.6 is 12.6 Å². The number of aromatic nitrogens is 2. The van der Waals surface area contributed by atoms with Crippen molar-refractivity contribution in [3.63, 3.8) is 0 Å². The largest absolute Gasteiger partial charge is 0.354 e. The van der Waals surface area contributed by atoms with Crippen LogP contribution in [0.1, 0.15) is 24.6 Å². The predicted octanol–water partition coefficient (Wildman–Crippen LogP) is 0.452. The van der Waals surface area contributed by atoms with Crippen LogP contribution in [0.15, 0.2) is 15.8 Å². The van der Waals surface area contributed by atoms with Crippen molar-refractivity contribution in [2.45, 2.75) is 32.1 Å². The third-order valence-corrected chi connectivity index (χ3v) is 3.15. The minimum Gasteiger partial charge on any atom is -0.354 e. The van der Waals surface area contributed by atoms with Gasteiger partial charge in [0.05, 0.1) is 6.10 Å². The van der Waals surface area contributed by atoms with Crippen molar-refractivity contribution >= 4 is 12.6 Å². The molecule has 2 rings (SSSR count). The van der Waals surface area contributed by atoms with E-state index >= 15 is 0 Å². The molecule has 0 spiro atoms. The Bertz CT molecular complexity index is 494. The van der Waals surface area contributed by atoms with E-state index in [0.717, 1.165) is 12.8 Å². The van der Waals surface area contributed by atoms with Gasteiger partial charge in [0, 0.05) is 17.5 Å². The Hall–Kier alpha value is -1.01. The van der Waals surface area contributed by atoms with Crippen molar-refractivity contribution < 1.29 is 4.74 Å². The molecular weight excluding hydrogens is 228 g/mol. The Morgan fingerprint density at radius 2 is 2.31 bits per heavy atom. The molecular formula is C10H14N2O3S. The molecule has 0 radical (unpaired) electrons. The lowest BCUT2D eigenvalue weighted by atomic mass is 10.2. The van der Waals surface area contributed by atoms with E-state index in [1.165, 1.54) is 4.57 Å². The third-order valence-electron chi connectivity index (χ3n) is 2.74. The van der Waals surface area contributed by atoms with E-state index in [9.17, 15) is 9.59 Å². The smallest absolute Gasteiger partial charge is 0.330 e. The van der Waals surface area contributed by atoms with Crippen molar-refractivity contribution in [2.24, 2.45) is 0 Å². The first-order valence-corrected chi connectivity index (χ1v) is 5.83. The van der Waals surface area contributed by atoms with Gasteiger partial charge in [-0.15, -0.1) is 0 Å². The molecule has 0 saturated carbocycles. The summed E-state index contributed by atoms with van der Waals surface area (Å²) >= 11 is 4.16. The number of nitrogens with one attached hydrogen (secondary N) is 1. The Morgan fingerprint density at radius 1 is 1.56 bits per heavy atom. The second kappa shape index (κ2) is 4.47. The number of hydrogen-bond donors (Lipinski definition) is 2. The third kappa shape index (κ3) is 2.08. The van der Waals surface area contributed by atoms with Crippen LogP contribution in [0, 0.1) is 6.92 Å². The first-order valence-electron chi connectivity index (χ1n) is 5.20. The Balaban J connectivity index is 2.32. The average Bonchev–Trinajstić information content (AvgIpc) is 2.71. The van der Waals surface area contributed by atoms with Crippen LogP contribution in [-0.2, 0) is 4.74 Å². The van der Waals surface area contributed by atoms with Gasteiger partial charge < -0.3 is 4.74 Å². The Kier molecular flexibility index (Phi) is 3.20. The van der Waals surface area contributed by atoms with Gasteiger partial charge in [0.1, 0.15) is 6.23 Å². The molecule has 1 aliphatic rings. The first-order chi connectivity index (χ1) is 7.61. The maximum absolute atomic E-state index is 11.6. The van der Waals surface area contributed by atoms with Gasteiger partial charge in [0.2, 0.25) is 0 Å². The van der Waals surface area contributed by atoms with E-state index in [1.807, 2.05) is 0 Å². The predicted molar refractivity (Wildman–Crippen MR) is 63.1 cm³/mol. The fourth-order valence-electron chi connectivity index (χ4n) is 1.83. The van der Waals surface area contributed by atoms with E-state index in [0.29, 0.717) is 11.3 Å².